The maximum absolute atomic E-state index is 13.8. The highest BCUT2D eigenvalue weighted by atomic mass is 32.2. The Morgan fingerprint density at radius 1 is 1.03 bits per heavy atom. The summed E-state index contributed by atoms with van der Waals surface area (Å²) in [5, 5.41) is 3.10. The monoisotopic (exact) mass is 545 g/mol. The van der Waals surface area contributed by atoms with Gasteiger partial charge < -0.3 is 19.7 Å². The van der Waals surface area contributed by atoms with Crippen molar-refractivity contribution in [2.75, 3.05) is 37.9 Å². The molecule has 3 rings (SSSR count). The van der Waals surface area contributed by atoms with Crippen molar-refractivity contribution in [1.82, 2.24) is 10.2 Å². The number of ether oxygens (including phenoxy) is 2. The number of nitrogens with one attached hydrogen (secondary N) is 1. The van der Waals surface area contributed by atoms with Crippen LogP contribution in [-0.4, -0.2) is 70.8 Å². The van der Waals surface area contributed by atoms with Gasteiger partial charge in [-0.05, 0) is 43.9 Å². The van der Waals surface area contributed by atoms with Crippen molar-refractivity contribution in [3.8, 4) is 11.5 Å². The minimum atomic E-state index is -3.89. The summed E-state index contributed by atoms with van der Waals surface area (Å²) in [6.07, 6.45) is 6.71. The van der Waals surface area contributed by atoms with Crippen molar-refractivity contribution < 1.29 is 27.5 Å². The van der Waals surface area contributed by atoms with Crippen LogP contribution in [-0.2, 0) is 26.0 Å². The molecule has 1 atom stereocenters. The van der Waals surface area contributed by atoms with Crippen LogP contribution in [0.5, 0.6) is 11.5 Å². The average molecular weight is 546 g/mol. The molecule has 1 saturated carbocycles. The predicted molar refractivity (Wildman–Crippen MR) is 148 cm³/mol. The number of rotatable bonds is 12. The number of amides is 2. The lowest BCUT2D eigenvalue weighted by Crippen LogP contribution is -2.53. The SMILES string of the molecule is COc1ccc(OC)c(N(CC(=O)N(CCc2ccccc2)[C@H](C)C(=O)NC2CCCCC2)S(C)(=O)=O)c1. The lowest BCUT2D eigenvalue weighted by atomic mass is 9.95. The summed E-state index contributed by atoms with van der Waals surface area (Å²) in [6.45, 7) is 1.46. The van der Waals surface area contributed by atoms with E-state index in [1.165, 1.54) is 31.6 Å². The number of hydrogen-bond donors (Lipinski definition) is 1. The quantitative estimate of drug-likeness (QED) is 0.439. The van der Waals surface area contributed by atoms with E-state index in [0.717, 1.165) is 41.8 Å². The molecule has 0 aliphatic heterocycles. The predicted octanol–water partition coefficient (Wildman–Crippen LogP) is 3.38. The zero-order valence-corrected chi connectivity index (χ0v) is 23.5. The lowest BCUT2D eigenvalue weighted by Gasteiger charge is -2.33. The summed E-state index contributed by atoms with van der Waals surface area (Å²) in [7, 11) is -0.990. The van der Waals surface area contributed by atoms with Gasteiger partial charge in [0.25, 0.3) is 0 Å². The molecule has 2 aromatic rings. The van der Waals surface area contributed by atoms with Crippen molar-refractivity contribution in [1.29, 1.82) is 0 Å². The van der Waals surface area contributed by atoms with E-state index in [9.17, 15) is 18.0 Å². The Morgan fingerprint density at radius 2 is 1.71 bits per heavy atom. The molecule has 9 nitrogen and oxygen atoms in total. The fraction of sp³-hybridized carbons (Fsp3) is 0.500. The Bertz CT molecular complexity index is 1180. The van der Waals surface area contributed by atoms with Gasteiger partial charge in [-0.25, -0.2) is 8.42 Å². The Labute approximate surface area is 226 Å². The third-order valence-electron chi connectivity index (χ3n) is 6.94. The molecule has 1 aliphatic rings. The Balaban J connectivity index is 1.88. The molecule has 0 heterocycles. The standard InChI is InChI=1S/C28H39N3O6S/c1-21(28(33)29-23-13-9-6-10-14-23)30(18-17-22-11-7-5-8-12-22)27(32)20-31(38(4,34)35)25-19-24(36-2)15-16-26(25)37-3/h5,7-8,11-12,15-16,19,21,23H,6,9-10,13-14,17-18,20H2,1-4H3,(H,29,33)/t21-/m1/s1. The smallest absolute Gasteiger partial charge is 0.244 e. The number of benzene rings is 2. The topological polar surface area (TPSA) is 105 Å². The van der Waals surface area contributed by atoms with Crippen LogP contribution in [0.25, 0.3) is 0 Å². The third kappa shape index (κ3) is 7.86. The summed E-state index contributed by atoms with van der Waals surface area (Å²) in [4.78, 5) is 28.5. The first-order valence-corrected chi connectivity index (χ1v) is 14.8. The molecule has 1 aliphatic carbocycles. The van der Waals surface area contributed by atoms with Crippen LogP contribution in [0, 0.1) is 0 Å². The van der Waals surface area contributed by atoms with E-state index < -0.39 is 28.5 Å². The van der Waals surface area contributed by atoms with E-state index in [0.29, 0.717) is 12.2 Å². The second-order valence-electron chi connectivity index (χ2n) is 9.65. The minimum absolute atomic E-state index is 0.0957. The molecule has 10 heteroatoms. The van der Waals surface area contributed by atoms with Crippen LogP contribution in [0.1, 0.15) is 44.6 Å². The average Bonchev–Trinajstić information content (AvgIpc) is 2.91. The number of anilines is 1. The summed E-state index contributed by atoms with van der Waals surface area (Å²) >= 11 is 0. The number of sulfonamides is 1. The highest BCUT2D eigenvalue weighted by Gasteiger charge is 2.32. The Hall–Kier alpha value is -3.27. The first-order valence-electron chi connectivity index (χ1n) is 13.0. The number of carbonyl (C=O) groups is 2. The molecule has 0 bridgehead atoms. The number of carbonyl (C=O) groups excluding carboxylic acids is 2. The summed E-state index contributed by atoms with van der Waals surface area (Å²) < 4.78 is 37.4. The van der Waals surface area contributed by atoms with E-state index in [4.69, 9.17) is 9.47 Å². The molecule has 208 valence electrons. The minimum Gasteiger partial charge on any atom is -0.497 e. The van der Waals surface area contributed by atoms with E-state index >= 15 is 0 Å². The van der Waals surface area contributed by atoms with E-state index in [1.54, 1.807) is 19.1 Å². The van der Waals surface area contributed by atoms with Crippen LogP contribution < -0.4 is 19.1 Å². The normalized spacial score (nSPS) is 14.8. The van der Waals surface area contributed by atoms with Crippen LogP contribution in [0.3, 0.4) is 0 Å². The van der Waals surface area contributed by atoms with Crippen molar-refractivity contribution in [3.63, 3.8) is 0 Å². The van der Waals surface area contributed by atoms with Gasteiger partial charge in [0.05, 0.1) is 26.2 Å². The zero-order valence-electron chi connectivity index (χ0n) is 22.7. The van der Waals surface area contributed by atoms with Crippen molar-refractivity contribution in [2.24, 2.45) is 0 Å². The zero-order chi connectivity index (χ0) is 27.7. The van der Waals surface area contributed by atoms with Gasteiger partial charge in [0.2, 0.25) is 21.8 Å². The highest BCUT2D eigenvalue weighted by Crippen LogP contribution is 2.34. The number of nitrogens with zero attached hydrogens (tertiary/aromatic N) is 2. The van der Waals surface area contributed by atoms with Gasteiger partial charge in [0, 0.05) is 18.7 Å². The largest absolute Gasteiger partial charge is 0.497 e. The number of methoxy groups -OCH3 is 2. The van der Waals surface area contributed by atoms with Gasteiger partial charge in [0.15, 0.2) is 0 Å². The molecule has 38 heavy (non-hydrogen) atoms. The first kappa shape index (κ1) is 29.3. The van der Waals surface area contributed by atoms with Crippen molar-refractivity contribution >= 4 is 27.5 Å². The fourth-order valence-corrected chi connectivity index (χ4v) is 5.57. The number of hydrogen-bond acceptors (Lipinski definition) is 6. The molecule has 0 unspecified atom stereocenters. The van der Waals surface area contributed by atoms with Gasteiger partial charge in [-0.1, -0.05) is 49.6 Å². The molecule has 0 saturated heterocycles. The van der Waals surface area contributed by atoms with Gasteiger partial charge in [0.1, 0.15) is 24.1 Å². The van der Waals surface area contributed by atoms with Gasteiger partial charge in [-0.2, -0.15) is 0 Å². The molecule has 1 fully saturated rings. The Morgan fingerprint density at radius 3 is 2.32 bits per heavy atom. The van der Waals surface area contributed by atoms with Crippen LogP contribution in [0.2, 0.25) is 0 Å². The second-order valence-corrected chi connectivity index (χ2v) is 11.6. The molecule has 0 aromatic heterocycles. The van der Waals surface area contributed by atoms with Gasteiger partial charge >= 0.3 is 0 Å². The molecular formula is C28H39N3O6S. The van der Waals surface area contributed by atoms with E-state index in [1.807, 2.05) is 30.3 Å². The third-order valence-corrected chi connectivity index (χ3v) is 8.06. The highest BCUT2D eigenvalue weighted by molar-refractivity contribution is 7.92. The van der Waals surface area contributed by atoms with Gasteiger partial charge in [-0.3, -0.25) is 13.9 Å². The molecule has 2 amide bonds. The van der Waals surface area contributed by atoms with Crippen LogP contribution >= 0.6 is 0 Å². The molecule has 2 aromatic carbocycles. The van der Waals surface area contributed by atoms with E-state index in [-0.39, 0.29) is 29.9 Å². The summed E-state index contributed by atoms with van der Waals surface area (Å²) in [6, 6.07) is 13.7. The Kier molecular flexibility index (Phi) is 10.4. The maximum Gasteiger partial charge on any atom is 0.244 e. The van der Waals surface area contributed by atoms with Gasteiger partial charge in [-0.15, -0.1) is 0 Å². The molecular weight excluding hydrogens is 506 g/mol. The summed E-state index contributed by atoms with van der Waals surface area (Å²) in [5.74, 6) is -0.0169. The van der Waals surface area contributed by atoms with Crippen LogP contribution in [0.4, 0.5) is 5.69 Å². The fourth-order valence-electron chi connectivity index (χ4n) is 4.73. The van der Waals surface area contributed by atoms with Crippen molar-refractivity contribution in [3.05, 3.63) is 54.1 Å². The molecule has 1 N–H and O–H groups in total. The molecule has 0 radical (unpaired) electrons. The van der Waals surface area contributed by atoms with Crippen LogP contribution in [0.15, 0.2) is 48.5 Å². The second kappa shape index (κ2) is 13.5. The maximum atomic E-state index is 13.8. The first-order chi connectivity index (χ1) is 18.1. The molecule has 0 spiro atoms. The lowest BCUT2D eigenvalue weighted by molar-refractivity contribution is -0.139. The summed E-state index contributed by atoms with van der Waals surface area (Å²) in [5.41, 5.74) is 1.20. The van der Waals surface area contributed by atoms with Crippen molar-refractivity contribution in [2.45, 2.75) is 57.5 Å². The van der Waals surface area contributed by atoms with E-state index in [2.05, 4.69) is 5.32 Å².